The molecule has 2 aliphatic carbocycles. The molecular weight excluding hydrogens is 432 g/mol. The van der Waals surface area contributed by atoms with Crippen molar-refractivity contribution in [2.75, 3.05) is 6.61 Å². The van der Waals surface area contributed by atoms with Crippen LogP contribution < -0.4 is 10.6 Å². The summed E-state index contributed by atoms with van der Waals surface area (Å²) in [6, 6.07) is 15.7. The summed E-state index contributed by atoms with van der Waals surface area (Å²) in [5, 5.41) is 14.7. The zero-order chi connectivity index (χ0) is 24.3. The van der Waals surface area contributed by atoms with Crippen molar-refractivity contribution in [2.24, 2.45) is 5.92 Å². The molecule has 3 atom stereocenters. The standard InChI is InChI=1S/C27H32N2O5/c1-17-8-7-13-27(15-17,25(32)28-18(2)14-24(30)31)29-26(33)34-16-23-21-11-5-3-9-19(21)20-10-4-6-12-22(20)23/h3-6,9-12,17-18,23H,7-8,13-16H2,1-2H3,(H,28,32)(H,29,33)(H,30,31). The fourth-order valence-corrected chi connectivity index (χ4v) is 5.43. The quantitative estimate of drug-likeness (QED) is 0.561. The van der Waals surface area contributed by atoms with Crippen molar-refractivity contribution in [3.63, 3.8) is 0 Å². The Bertz CT molecular complexity index is 1040. The first-order chi connectivity index (χ1) is 16.3. The Morgan fingerprint density at radius 3 is 2.29 bits per heavy atom. The first kappa shape index (κ1) is 23.8. The largest absolute Gasteiger partial charge is 0.481 e. The number of alkyl carbamates (subject to hydrolysis) is 1. The molecule has 2 aromatic carbocycles. The number of rotatable bonds is 7. The molecule has 34 heavy (non-hydrogen) atoms. The Hall–Kier alpha value is -3.35. The third kappa shape index (κ3) is 4.93. The van der Waals surface area contributed by atoms with Crippen LogP contribution in [0.25, 0.3) is 11.1 Å². The van der Waals surface area contributed by atoms with E-state index >= 15 is 0 Å². The molecule has 7 nitrogen and oxygen atoms in total. The van der Waals surface area contributed by atoms with Gasteiger partial charge in [-0.25, -0.2) is 4.79 Å². The minimum atomic E-state index is -1.10. The molecule has 3 N–H and O–H groups in total. The smallest absolute Gasteiger partial charge is 0.408 e. The second kappa shape index (κ2) is 9.87. The number of amides is 2. The van der Waals surface area contributed by atoms with Crippen molar-refractivity contribution in [1.82, 2.24) is 10.6 Å². The summed E-state index contributed by atoms with van der Waals surface area (Å²) in [7, 11) is 0. The maximum absolute atomic E-state index is 13.2. The Balaban J connectivity index is 1.46. The predicted octanol–water partition coefficient (Wildman–Crippen LogP) is 4.45. The van der Waals surface area contributed by atoms with Gasteiger partial charge >= 0.3 is 12.1 Å². The molecule has 7 heteroatoms. The first-order valence-corrected chi connectivity index (χ1v) is 11.9. The van der Waals surface area contributed by atoms with Crippen molar-refractivity contribution < 1.29 is 24.2 Å². The third-order valence-corrected chi connectivity index (χ3v) is 6.98. The van der Waals surface area contributed by atoms with Gasteiger partial charge in [-0.15, -0.1) is 0 Å². The highest BCUT2D eigenvalue weighted by atomic mass is 16.5. The Labute approximate surface area is 199 Å². The van der Waals surface area contributed by atoms with Gasteiger partial charge in [-0.05, 0) is 47.9 Å². The van der Waals surface area contributed by atoms with E-state index in [1.165, 1.54) is 0 Å². The fraction of sp³-hybridized carbons (Fsp3) is 0.444. The van der Waals surface area contributed by atoms with Gasteiger partial charge in [0.05, 0.1) is 6.42 Å². The molecule has 3 unspecified atom stereocenters. The van der Waals surface area contributed by atoms with E-state index in [4.69, 9.17) is 9.84 Å². The molecule has 0 radical (unpaired) electrons. The van der Waals surface area contributed by atoms with Gasteiger partial charge in [0.25, 0.3) is 0 Å². The number of fused-ring (bicyclic) bond motifs is 3. The zero-order valence-electron chi connectivity index (χ0n) is 19.7. The van der Waals surface area contributed by atoms with Gasteiger partial charge in [0, 0.05) is 12.0 Å². The number of carboxylic acid groups (broad SMARTS) is 1. The van der Waals surface area contributed by atoms with E-state index in [-0.39, 0.29) is 30.8 Å². The maximum atomic E-state index is 13.2. The minimum Gasteiger partial charge on any atom is -0.481 e. The molecule has 2 aromatic rings. The predicted molar refractivity (Wildman–Crippen MR) is 128 cm³/mol. The van der Waals surface area contributed by atoms with Crippen molar-refractivity contribution in [2.45, 2.75) is 63.5 Å². The van der Waals surface area contributed by atoms with Gasteiger partial charge < -0.3 is 20.5 Å². The number of ether oxygens (including phenoxy) is 1. The number of hydrogen-bond donors (Lipinski definition) is 3. The SMILES string of the molecule is CC1CCCC(NC(=O)OCC2c3ccccc3-c3ccccc32)(C(=O)NC(C)CC(=O)O)C1. The molecule has 0 spiro atoms. The summed E-state index contributed by atoms with van der Waals surface area (Å²) in [5.74, 6) is -1.14. The Kier molecular flexibility index (Phi) is 6.91. The minimum absolute atomic E-state index is 0.0659. The normalized spacial score (nSPS) is 22.2. The van der Waals surface area contributed by atoms with Crippen LogP contribution in [-0.2, 0) is 14.3 Å². The lowest BCUT2D eigenvalue weighted by atomic mass is 9.75. The van der Waals surface area contributed by atoms with Crippen LogP contribution in [0.5, 0.6) is 0 Å². The number of carbonyl (C=O) groups is 3. The molecule has 0 aliphatic heterocycles. The van der Waals surface area contributed by atoms with Crippen LogP contribution in [0.4, 0.5) is 4.79 Å². The van der Waals surface area contributed by atoms with Crippen molar-refractivity contribution in [3.05, 3.63) is 59.7 Å². The second-order valence-electron chi connectivity index (χ2n) is 9.71. The highest BCUT2D eigenvalue weighted by molar-refractivity contribution is 5.90. The van der Waals surface area contributed by atoms with Crippen molar-refractivity contribution >= 4 is 18.0 Å². The first-order valence-electron chi connectivity index (χ1n) is 11.9. The van der Waals surface area contributed by atoms with Crippen LogP contribution in [0.1, 0.15) is 63.0 Å². The summed E-state index contributed by atoms with van der Waals surface area (Å²) in [6.07, 6.45) is 1.95. The van der Waals surface area contributed by atoms with Gasteiger partial charge in [-0.3, -0.25) is 9.59 Å². The maximum Gasteiger partial charge on any atom is 0.408 e. The van der Waals surface area contributed by atoms with Gasteiger partial charge in [-0.2, -0.15) is 0 Å². The van der Waals surface area contributed by atoms with E-state index in [0.717, 1.165) is 35.1 Å². The molecule has 4 rings (SSSR count). The summed E-state index contributed by atoms with van der Waals surface area (Å²) in [6.45, 7) is 3.88. The lowest BCUT2D eigenvalue weighted by Gasteiger charge is -2.39. The average molecular weight is 465 g/mol. The average Bonchev–Trinajstić information content (AvgIpc) is 3.11. The molecule has 180 valence electrons. The molecule has 1 saturated carbocycles. The topological polar surface area (TPSA) is 105 Å². The number of aliphatic carboxylic acids is 1. The van der Waals surface area contributed by atoms with Crippen LogP contribution in [0.2, 0.25) is 0 Å². The summed E-state index contributed by atoms with van der Waals surface area (Å²) in [5.41, 5.74) is 3.44. The van der Waals surface area contributed by atoms with Gasteiger partial charge in [-0.1, -0.05) is 68.3 Å². The summed E-state index contributed by atoms with van der Waals surface area (Å²) >= 11 is 0. The van der Waals surface area contributed by atoms with E-state index in [9.17, 15) is 14.4 Å². The lowest BCUT2D eigenvalue weighted by molar-refractivity contribution is -0.138. The summed E-state index contributed by atoms with van der Waals surface area (Å²) in [4.78, 5) is 37.2. The molecule has 0 saturated heterocycles. The van der Waals surface area contributed by atoms with Crippen LogP contribution in [0.3, 0.4) is 0 Å². The van der Waals surface area contributed by atoms with Crippen LogP contribution in [0, 0.1) is 5.92 Å². The highest BCUT2D eigenvalue weighted by Crippen LogP contribution is 2.44. The van der Waals surface area contributed by atoms with Crippen LogP contribution in [0.15, 0.2) is 48.5 Å². The number of carboxylic acids is 1. The summed E-state index contributed by atoms with van der Waals surface area (Å²) < 4.78 is 5.70. The number of nitrogens with one attached hydrogen (secondary N) is 2. The van der Waals surface area contributed by atoms with Crippen molar-refractivity contribution in [3.8, 4) is 11.1 Å². The molecule has 1 fully saturated rings. The van der Waals surface area contributed by atoms with E-state index in [1.807, 2.05) is 24.3 Å². The molecule has 0 aromatic heterocycles. The Morgan fingerprint density at radius 2 is 1.71 bits per heavy atom. The number of hydrogen-bond acceptors (Lipinski definition) is 4. The molecule has 2 amide bonds. The highest BCUT2D eigenvalue weighted by Gasteiger charge is 2.44. The van der Waals surface area contributed by atoms with E-state index in [2.05, 4.69) is 41.8 Å². The van der Waals surface area contributed by atoms with E-state index in [0.29, 0.717) is 12.8 Å². The van der Waals surface area contributed by atoms with Crippen LogP contribution >= 0.6 is 0 Å². The van der Waals surface area contributed by atoms with Gasteiger partial charge in [0.1, 0.15) is 12.1 Å². The van der Waals surface area contributed by atoms with Gasteiger partial charge in [0.2, 0.25) is 5.91 Å². The lowest BCUT2D eigenvalue weighted by Crippen LogP contribution is -2.62. The number of carbonyl (C=O) groups excluding carboxylic acids is 2. The molecule has 2 aliphatic rings. The van der Waals surface area contributed by atoms with Crippen LogP contribution in [-0.4, -0.2) is 41.3 Å². The van der Waals surface area contributed by atoms with Crippen molar-refractivity contribution in [1.29, 1.82) is 0 Å². The monoisotopic (exact) mass is 464 g/mol. The zero-order valence-corrected chi connectivity index (χ0v) is 19.7. The molecule has 0 heterocycles. The van der Waals surface area contributed by atoms with Gasteiger partial charge in [0.15, 0.2) is 0 Å². The van der Waals surface area contributed by atoms with E-state index in [1.54, 1.807) is 6.92 Å². The second-order valence-corrected chi connectivity index (χ2v) is 9.71. The fourth-order valence-electron chi connectivity index (χ4n) is 5.43. The Morgan fingerprint density at radius 1 is 1.09 bits per heavy atom. The number of benzene rings is 2. The third-order valence-electron chi connectivity index (χ3n) is 6.98. The molecule has 0 bridgehead atoms. The molecular formula is C27H32N2O5. The van der Waals surface area contributed by atoms with E-state index < -0.39 is 23.6 Å².